The van der Waals surface area contributed by atoms with Crippen LogP contribution < -0.4 is 10.5 Å². The summed E-state index contributed by atoms with van der Waals surface area (Å²) >= 11 is 0. The molecule has 1 aliphatic rings. The molecule has 0 aliphatic heterocycles. The zero-order valence-electron chi connectivity index (χ0n) is 19.0. The molecule has 1 saturated carbocycles. The molecule has 1 aromatic carbocycles. The van der Waals surface area contributed by atoms with Gasteiger partial charge in [-0.3, -0.25) is 4.98 Å². The standard InChI is InChI=1S/C25H23F3N6O/c1-14-11-16(12-19(31-14)23(27)28)21-22(15-5-7-17(26)8-6-15)32-25(29)33-24(21)35-13-20-30-9-10-34(20)18-3-2-4-18/h5-12,18,23H,2-4,13H2,1H3,(H2,29,32,33). The molecule has 0 atom stereocenters. The highest BCUT2D eigenvalue weighted by Crippen LogP contribution is 2.39. The summed E-state index contributed by atoms with van der Waals surface area (Å²) in [6.45, 7) is 1.72. The van der Waals surface area contributed by atoms with Crippen LogP contribution in [0, 0.1) is 12.7 Å². The van der Waals surface area contributed by atoms with E-state index >= 15 is 0 Å². The maximum absolute atomic E-state index is 13.6. The third kappa shape index (κ3) is 4.68. The molecule has 1 fully saturated rings. The van der Waals surface area contributed by atoms with Gasteiger partial charge in [0.05, 0.1) is 11.3 Å². The topological polar surface area (TPSA) is 91.7 Å². The van der Waals surface area contributed by atoms with Gasteiger partial charge >= 0.3 is 0 Å². The molecule has 10 heteroatoms. The van der Waals surface area contributed by atoms with E-state index in [-0.39, 0.29) is 24.1 Å². The lowest BCUT2D eigenvalue weighted by Crippen LogP contribution is -2.19. The molecule has 3 heterocycles. The van der Waals surface area contributed by atoms with E-state index in [1.54, 1.807) is 19.2 Å². The number of nitrogens with zero attached hydrogens (tertiary/aromatic N) is 5. The van der Waals surface area contributed by atoms with Gasteiger partial charge in [0, 0.05) is 29.7 Å². The summed E-state index contributed by atoms with van der Waals surface area (Å²) in [7, 11) is 0. The van der Waals surface area contributed by atoms with Crippen molar-refractivity contribution in [2.45, 2.75) is 45.3 Å². The van der Waals surface area contributed by atoms with Crippen LogP contribution in [-0.2, 0) is 6.61 Å². The molecule has 5 rings (SSSR count). The number of hydrogen-bond donors (Lipinski definition) is 1. The van der Waals surface area contributed by atoms with E-state index in [1.807, 2.05) is 6.20 Å². The van der Waals surface area contributed by atoms with E-state index in [4.69, 9.17) is 10.5 Å². The van der Waals surface area contributed by atoms with Crippen molar-refractivity contribution in [2.24, 2.45) is 0 Å². The quantitative estimate of drug-likeness (QED) is 0.366. The van der Waals surface area contributed by atoms with E-state index in [9.17, 15) is 13.2 Å². The van der Waals surface area contributed by atoms with Crippen molar-refractivity contribution in [3.8, 4) is 28.3 Å². The summed E-state index contributed by atoms with van der Waals surface area (Å²) in [4.78, 5) is 17.0. The zero-order chi connectivity index (χ0) is 24.5. The molecule has 2 N–H and O–H groups in total. The smallest absolute Gasteiger partial charge is 0.280 e. The van der Waals surface area contributed by atoms with Gasteiger partial charge in [-0.2, -0.15) is 4.98 Å². The normalized spacial score (nSPS) is 13.7. The molecule has 0 amide bonds. The first-order valence-corrected chi connectivity index (χ1v) is 11.2. The first-order chi connectivity index (χ1) is 16.9. The molecule has 1 aliphatic carbocycles. The summed E-state index contributed by atoms with van der Waals surface area (Å²) in [5, 5.41) is 0. The number of rotatable bonds is 7. The van der Waals surface area contributed by atoms with Gasteiger partial charge in [-0.05, 0) is 68.1 Å². The van der Waals surface area contributed by atoms with Crippen molar-refractivity contribution in [3.05, 3.63) is 71.8 Å². The monoisotopic (exact) mass is 480 g/mol. The van der Waals surface area contributed by atoms with Gasteiger partial charge < -0.3 is 15.0 Å². The lowest BCUT2D eigenvalue weighted by Gasteiger charge is -2.28. The molecule has 35 heavy (non-hydrogen) atoms. The summed E-state index contributed by atoms with van der Waals surface area (Å²) in [6, 6.07) is 8.96. The van der Waals surface area contributed by atoms with Crippen molar-refractivity contribution in [2.75, 3.05) is 5.73 Å². The largest absolute Gasteiger partial charge is 0.469 e. The molecule has 0 saturated heterocycles. The fourth-order valence-corrected chi connectivity index (χ4v) is 4.17. The maximum atomic E-state index is 13.6. The predicted octanol–water partition coefficient (Wildman–Crippen LogP) is 5.67. The van der Waals surface area contributed by atoms with Gasteiger partial charge in [0.25, 0.3) is 6.43 Å². The SMILES string of the molecule is Cc1cc(-c2c(OCc3nccn3C3CCC3)nc(N)nc2-c2ccc(F)cc2)cc(C(F)F)n1. The highest BCUT2D eigenvalue weighted by Gasteiger charge is 2.24. The minimum absolute atomic E-state index is 0.0646. The Kier molecular flexibility index (Phi) is 6.10. The minimum atomic E-state index is -2.77. The van der Waals surface area contributed by atoms with Gasteiger partial charge in [0.1, 0.15) is 23.9 Å². The van der Waals surface area contributed by atoms with E-state index in [2.05, 4.69) is 24.5 Å². The van der Waals surface area contributed by atoms with Crippen LogP contribution in [0.15, 0.2) is 48.8 Å². The zero-order valence-corrected chi connectivity index (χ0v) is 19.0. The second-order valence-electron chi connectivity index (χ2n) is 8.46. The Labute approximate surface area is 199 Å². The summed E-state index contributed by atoms with van der Waals surface area (Å²) in [6.07, 6.45) is 4.20. The number of imidazole rings is 1. The number of benzene rings is 1. The fraction of sp³-hybridized carbons (Fsp3) is 0.280. The first kappa shape index (κ1) is 22.8. The van der Waals surface area contributed by atoms with Crippen LogP contribution in [0.5, 0.6) is 5.88 Å². The van der Waals surface area contributed by atoms with Crippen molar-refractivity contribution in [1.82, 2.24) is 24.5 Å². The number of nitrogens with two attached hydrogens (primary N) is 1. The van der Waals surface area contributed by atoms with Crippen LogP contribution in [0.25, 0.3) is 22.4 Å². The Balaban J connectivity index is 1.62. The average Bonchev–Trinajstić information content (AvgIpc) is 3.24. The molecular weight excluding hydrogens is 457 g/mol. The Morgan fingerprint density at radius 1 is 1.09 bits per heavy atom. The molecule has 0 spiro atoms. The van der Waals surface area contributed by atoms with Crippen molar-refractivity contribution < 1.29 is 17.9 Å². The number of pyridine rings is 1. The predicted molar refractivity (Wildman–Crippen MR) is 124 cm³/mol. The van der Waals surface area contributed by atoms with Gasteiger partial charge in [-0.1, -0.05) is 0 Å². The van der Waals surface area contributed by atoms with Gasteiger partial charge in [-0.25, -0.2) is 23.1 Å². The number of nitrogen functional groups attached to an aromatic ring is 1. The Morgan fingerprint density at radius 3 is 2.54 bits per heavy atom. The molecule has 0 unspecified atom stereocenters. The minimum Gasteiger partial charge on any atom is -0.469 e. The number of hydrogen-bond acceptors (Lipinski definition) is 6. The number of ether oxygens (including phenoxy) is 1. The van der Waals surface area contributed by atoms with Crippen molar-refractivity contribution in [1.29, 1.82) is 0 Å². The van der Waals surface area contributed by atoms with E-state index in [0.29, 0.717) is 34.1 Å². The van der Waals surface area contributed by atoms with Gasteiger partial charge in [0.15, 0.2) is 0 Å². The van der Waals surface area contributed by atoms with Crippen molar-refractivity contribution in [3.63, 3.8) is 0 Å². The molecule has 4 aromatic rings. The summed E-state index contributed by atoms with van der Waals surface area (Å²) in [5.74, 6) is 0.354. The summed E-state index contributed by atoms with van der Waals surface area (Å²) in [5.41, 5.74) is 7.64. The number of aromatic nitrogens is 5. The molecule has 180 valence electrons. The fourth-order valence-electron chi connectivity index (χ4n) is 4.17. The Bertz CT molecular complexity index is 1350. The molecule has 0 radical (unpaired) electrons. The second kappa shape index (κ2) is 9.36. The number of halogens is 3. The third-order valence-electron chi connectivity index (χ3n) is 6.05. The highest BCUT2D eigenvalue weighted by molar-refractivity contribution is 5.85. The number of aryl methyl sites for hydroxylation is 1. The lowest BCUT2D eigenvalue weighted by atomic mass is 9.93. The van der Waals surface area contributed by atoms with E-state index in [0.717, 1.165) is 18.7 Å². The van der Waals surface area contributed by atoms with Crippen LogP contribution in [0.4, 0.5) is 19.1 Å². The van der Waals surface area contributed by atoms with Crippen LogP contribution >= 0.6 is 0 Å². The first-order valence-electron chi connectivity index (χ1n) is 11.2. The Morgan fingerprint density at radius 2 is 1.86 bits per heavy atom. The van der Waals surface area contributed by atoms with E-state index in [1.165, 1.54) is 36.8 Å². The average molecular weight is 480 g/mol. The molecule has 7 nitrogen and oxygen atoms in total. The molecular formula is C25H23F3N6O. The van der Waals surface area contributed by atoms with Gasteiger partial charge in [-0.15, -0.1) is 0 Å². The van der Waals surface area contributed by atoms with Crippen molar-refractivity contribution >= 4 is 5.95 Å². The third-order valence-corrected chi connectivity index (χ3v) is 6.05. The highest BCUT2D eigenvalue weighted by atomic mass is 19.3. The van der Waals surface area contributed by atoms with Gasteiger partial charge in [0.2, 0.25) is 11.8 Å². The van der Waals surface area contributed by atoms with E-state index < -0.39 is 12.2 Å². The summed E-state index contributed by atoms with van der Waals surface area (Å²) < 4.78 is 48.9. The van der Waals surface area contributed by atoms with Crippen LogP contribution in [0.1, 0.15) is 48.9 Å². The molecule has 0 bridgehead atoms. The maximum Gasteiger partial charge on any atom is 0.280 e. The van der Waals surface area contributed by atoms with Crippen LogP contribution in [-0.4, -0.2) is 24.5 Å². The number of anilines is 1. The van der Waals surface area contributed by atoms with Crippen LogP contribution in [0.2, 0.25) is 0 Å². The second-order valence-corrected chi connectivity index (χ2v) is 8.46. The van der Waals surface area contributed by atoms with Crippen LogP contribution in [0.3, 0.4) is 0 Å². The molecule has 3 aromatic heterocycles. The number of alkyl halides is 2. The Hall–Kier alpha value is -3.95. The lowest BCUT2D eigenvalue weighted by molar-refractivity contribution is 0.146.